The van der Waals surface area contributed by atoms with Crippen molar-refractivity contribution in [2.75, 3.05) is 0 Å². The molecule has 0 radical (unpaired) electrons. The lowest BCUT2D eigenvalue weighted by molar-refractivity contribution is -0.124. The molecule has 3 heterocycles. The fourth-order valence-corrected chi connectivity index (χ4v) is 3.98. The van der Waals surface area contributed by atoms with Gasteiger partial charge in [-0.1, -0.05) is 18.6 Å². The van der Waals surface area contributed by atoms with Gasteiger partial charge in [-0.2, -0.15) is 10.2 Å². The highest BCUT2D eigenvalue weighted by molar-refractivity contribution is 5.80. The first kappa shape index (κ1) is 20.1. The van der Waals surface area contributed by atoms with E-state index in [1.54, 1.807) is 16.8 Å². The number of carbonyl (C=O) groups excluding carboxylic acids is 1. The number of hydrogen-bond acceptors (Lipinski definition) is 4. The number of hydrogen-bond donors (Lipinski definition) is 1. The molecule has 3 aromatic rings. The molecule has 1 aliphatic heterocycles. The summed E-state index contributed by atoms with van der Waals surface area (Å²) in [6.45, 7) is 2.41. The van der Waals surface area contributed by atoms with Gasteiger partial charge in [0.1, 0.15) is 17.7 Å². The second-order valence-corrected chi connectivity index (χ2v) is 7.74. The lowest BCUT2D eigenvalue weighted by Crippen LogP contribution is -2.38. The number of halogens is 1. The van der Waals surface area contributed by atoms with Crippen LogP contribution in [0.5, 0.6) is 0 Å². The number of nitrogens with zero attached hydrogens (tertiary/aromatic N) is 5. The third-order valence-corrected chi connectivity index (χ3v) is 5.45. The molecule has 2 aromatic heterocycles. The predicted octanol–water partition coefficient (Wildman–Crippen LogP) is 1.86. The monoisotopic (exact) mass is 412 g/mol. The van der Waals surface area contributed by atoms with Crippen LogP contribution < -0.4 is 11.0 Å². The Balaban J connectivity index is 1.57. The summed E-state index contributed by atoms with van der Waals surface area (Å²) in [5.74, 6) is 0.0406. The summed E-state index contributed by atoms with van der Waals surface area (Å²) < 4.78 is 18.1. The molecule has 0 saturated carbocycles. The Hall–Kier alpha value is -3.23. The number of aromatic nitrogens is 5. The largest absolute Gasteiger partial charge is 0.349 e. The fourth-order valence-electron chi connectivity index (χ4n) is 3.98. The maximum Gasteiger partial charge on any atom is 0.346 e. The molecule has 1 aromatic carbocycles. The van der Waals surface area contributed by atoms with Crippen molar-refractivity contribution >= 4 is 5.91 Å². The quantitative estimate of drug-likeness (QED) is 0.693. The van der Waals surface area contributed by atoms with Crippen LogP contribution in [0.15, 0.2) is 35.1 Å². The van der Waals surface area contributed by atoms with E-state index in [9.17, 15) is 14.0 Å². The number of carbonyl (C=O) groups is 1. The molecule has 1 unspecified atom stereocenters. The van der Waals surface area contributed by atoms with E-state index < -0.39 is 6.04 Å². The Morgan fingerprint density at radius 2 is 2.10 bits per heavy atom. The van der Waals surface area contributed by atoms with E-state index in [2.05, 4.69) is 15.5 Å². The minimum absolute atomic E-state index is 0.166. The number of fused-ring (bicyclic) bond motifs is 1. The fraction of sp³-hybridized carbons (Fsp3) is 0.429. The topological polar surface area (TPSA) is 86.7 Å². The molecule has 0 saturated heterocycles. The smallest absolute Gasteiger partial charge is 0.346 e. The summed E-state index contributed by atoms with van der Waals surface area (Å²) in [5.41, 5.74) is 2.09. The zero-order valence-corrected chi connectivity index (χ0v) is 17.1. The van der Waals surface area contributed by atoms with E-state index in [-0.39, 0.29) is 24.0 Å². The normalized spacial score (nSPS) is 16.2. The van der Waals surface area contributed by atoms with Crippen molar-refractivity contribution in [3.63, 3.8) is 0 Å². The average Bonchev–Trinajstić information content (AvgIpc) is 3.08. The van der Waals surface area contributed by atoms with Crippen LogP contribution in [0.2, 0.25) is 0 Å². The van der Waals surface area contributed by atoms with Crippen molar-refractivity contribution in [2.24, 2.45) is 7.05 Å². The number of rotatable bonds is 5. The third kappa shape index (κ3) is 4.05. The van der Waals surface area contributed by atoms with Crippen LogP contribution >= 0.6 is 0 Å². The Bertz CT molecular complexity index is 1130. The lowest BCUT2D eigenvalue weighted by atomic mass is 10.1. The highest BCUT2D eigenvalue weighted by atomic mass is 19.1. The summed E-state index contributed by atoms with van der Waals surface area (Å²) >= 11 is 0. The van der Waals surface area contributed by atoms with Crippen molar-refractivity contribution in [1.82, 2.24) is 29.4 Å². The zero-order valence-electron chi connectivity index (χ0n) is 17.1. The Morgan fingerprint density at radius 1 is 1.27 bits per heavy atom. The van der Waals surface area contributed by atoms with Gasteiger partial charge in [-0.3, -0.25) is 14.0 Å². The van der Waals surface area contributed by atoms with Gasteiger partial charge in [0.2, 0.25) is 5.91 Å². The van der Waals surface area contributed by atoms with Gasteiger partial charge in [0.25, 0.3) is 0 Å². The highest BCUT2D eigenvalue weighted by Gasteiger charge is 2.29. The van der Waals surface area contributed by atoms with Crippen LogP contribution in [0, 0.1) is 12.7 Å². The van der Waals surface area contributed by atoms with Crippen molar-refractivity contribution < 1.29 is 9.18 Å². The molecule has 158 valence electrons. The number of benzene rings is 1. The van der Waals surface area contributed by atoms with Crippen LogP contribution in [0.4, 0.5) is 4.39 Å². The molecule has 4 rings (SSSR count). The van der Waals surface area contributed by atoms with Gasteiger partial charge in [-0.05, 0) is 43.5 Å². The first-order valence-corrected chi connectivity index (χ1v) is 10.1. The van der Waals surface area contributed by atoms with Crippen molar-refractivity contribution in [2.45, 2.75) is 51.7 Å². The molecule has 0 fully saturated rings. The second-order valence-electron chi connectivity index (χ2n) is 7.74. The van der Waals surface area contributed by atoms with Crippen molar-refractivity contribution in [3.8, 4) is 0 Å². The molecular formula is C21H25FN6O2. The van der Waals surface area contributed by atoms with E-state index in [1.165, 1.54) is 21.4 Å². The van der Waals surface area contributed by atoms with Gasteiger partial charge < -0.3 is 5.32 Å². The second kappa shape index (κ2) is 8.25. The molecule has 8 nitrogen and oxygen atoms in total. The summed E-state index contributed by atoms with van der Waals surface area (Å²) in [6.07, 6.45) is 2.92. The first-order valence-electron chi connectivity index (χ1n) is 10.1. The molecule has 9 heteroatoms. The molecule has 0 aliphatic carbocycles. The van der Waals surface area contributed by atoms with Gasteiger partial charge in [0.15, 0.2) is 0 Å². The third-order valence-electron chi connectivity index (χ3n) is 5.45. The van der Waals surface area contributed by atoms with Crippen LogP contribution in [0.25, 0.3) is 0 Å². The molecule has 0 bridgehead atoms. The summed E-state index contributed by atoms with van der Waals surface area (Å²) in [4.78, 5) is 26.1. The molecule has 1 N–H and O–H groups in total. The van der Waals surface area contributed by atoms with Crippen molar-refractivity contribution in [1.29, 1.82) is 0 Å². The average molecular weight is 412 g/mol. The number of aryl methyl sites for hydroxylation is 3. The molecule has 1 aliphatic rings. The maximum atomic E-state index is 13.5. The van der Waals surface area contributed by atoms with Gasteiger partial charge in [0.05, 0.1) is 24.5 Å². The minimum Gasteiger partial charge on any atom is -0.349 e. The van der Waals surface area contributed by atoms with Gasteiger partial charge in [-0.25, -0.2) is 13.9 Å². The van der Waals surface area contributed by atoms with Gasteiger partial charge in [-0.15, -0.1) is 0 Å². The van der Waals surface area contributed by atoms with E-state index in [0.717, 1.165) is 24.2 Å². The van der Waals surface area contributed by atoms with E-state index >= 15 is 0 Å². The van der Waals surface area contributed by atoms with Crippen LogP contribution in [-0.4, -0.2) is 30.0 Å². The molecule has 1 atom stereocenters. The summed E-state index contributed by atoms with van der Waals surface area (Å²) in [6, 6.07) is 7.41. The van der Waals surface area contributed by atoms with E-state index in [4.69, 9.17) is 0 Å². The standard InChI is InChI=1S/C21H25FN6O2/c1-14-10-17(26(2)24-14)12-23-20(29)18-8-3-4-9-19-25-27(21(30)28(18)19)13-15-6-5-7-16(22)11-15/h5-7,10-11,18H,3-4,8-9,12-13H2,1-2H3,(H,23,29). The molecule has 0 spiro atoms. The minimum atomic E-state index is -0.606. The van der Waals surface area contributed by atoms with Crippen LogP contribution in [-0.2, 0) is 31.4 Å². The summed E-state index contributed by atoms with van der Waals surface area (Å²) in [5, 5.41) is 11.7. The van der Waals surface area contributed by atoms with Crippen molar-refractivity contribution in [3.05, 3.63) is 69.4 Å². The summed E-state index contributed by atoms with van der Waals surface area (Å²) in [7, 11) is 1.83. The lowest BCUT2D eigenvalue weighted by Gasteiger charge is -2.16. The van der Waals surface area contributed by atoms with Gasteiger partial charge in [0, 0.05) is 13.5 Å². The molecule has 30 heavy (non-hydrogen) atoms. The Morgan fingerprint density at radius 3 is 2.83 bits per heavy atom. The van der Waals surface area contributed by atoms with Gasteiger partial charge >= 0.3 is 5.69 Å². The zero-order chi connectivity index (χ0) is 21.3. The first-order chi connectivity index (χ1) is 14.4. The predicted molar refractivity (Wildman–Crippen MR) is 108 cm³/mol. The maximum absolute atomic E-state index is 13.5. The Labute approximate surface area is 173 Å². The van der Waals surface area contributed by atoms with E-state index in [0.29, 0.717) is 30.8 Å². The van der Waals surface area contributed by atoms with E-state index in [1.807, 2.05) is 20.0 Å². The van der Waals surface area contributed by atoms with Crippen LogP contribution in [0.1, 0.15) is 48.1 Å². The van der Waals surface area contributed by atoms with Crippen LogP contribution in [0.3, 0.4) is 0 Å². The Kier molecular flexibility index (Phi) is 5.52. The SMILES string of the molecule is Cc1cc(CNC(=O)C2CCCCc3nn(Cc4cccc(F)c4)c(=O)n32)n(C)n1. The number of amides is 1. The highest BCUT2D eigenvalue weighted by Crippen LogP contribution is 2.22. The number of nitrogens with one attached hydrogen (secondary N) is 1. The molecule has 1 amide bonds. The molecular weight excluding hydrogens is 387 g/mol.